The molecule has 0 bridgehead atoms. The SMILES string of the molecule is CC1OCCC1N(C)C(=O)c1ccc(C#CCN)s1. The van der Waals surface area contributed by atoms with Gasteiger partial charge in [0.15, 0.2) is 0 Å². The maximum Gasteiger partial charge on any atom is 0.264 e. The van der Waals surface area contributed by atoms with Gasteiger partial charge in [0.1, 0.15) is 0 Å². The third-order valence-electron chi connectivity index (χ3n) is 3.28. The minimum atomic E-state index is 0.0353. The van der Waals surface area contributed by atoms with Gasteiger partial charge in [-0.3, -0.25) is 4.79 Å². The number of carbonyl (C=O) groups excluding carboxylic acids is 1. The van der Waals surface area contributed by atoms with Gasteiger partial charge in [-0.25, -0.2) is 0 Å². The molecule has 2 atom stereocenters. The standard InChI is InChI=1S/C14H18N2O2S/c1-10-12(7-9-18-10)16(2)14(17)13-6-5-11(19-13)4-3-8-15/h5-6,10,12H,7-9,15H2,1-2H3. The van der Waals surface area contributed by atoms with E-state index in [-0.39, 0.29) is 18.1 Å². The van der Waals surface area contributed by atoms with E-state index in [0.29, 0.717) is 11.4 Å². The second-order valence-corrected chi connectivity index (χ2v) is 5.60. The molecule has 1 amide bonds. The van der Waals surface area contributed by atoms with Gasteiger partial charge in [0.25, 0.3) is 5.91 Å². The van der Waals surface area contributed by atoms with Gasteiger partial charge in [0.2, 0.25) is 0 Å². The number of carbonyl (C=O) groups is 1. The number of rotatable bonds is 2. The van der Waals surface area contributed by atoms with Crippen molar-refractivity contribution < 1.29 is 9.53 Å². The van der Waals surface area contributed by atoms with Crippen molar-refractivity contribution in [2.45, 2.75) is 25.5 Å². The summed E-state index contributed by atoms with van der Waals surface area (Å²) >= 11 is 1.41. The van der Waals surface area contributed by atoms with Crippen LogP contribution < -0.4 is 5.73 Å². The van der Waals surface area contributed by atoms with Crippen molar-refractivity contribution in [2.75, 3.05) is 20.2 Å². The van der Waals surface area contributed by atoms with Crippen molar-refractivity contribution in [1.82, 2.24) is 4.90 Å². The van der Waals surface area contributed by atoms with E-state index in [9.17, 15) is 4.79 Å². The average molecular weight is 278 g/mol. The summed E-state index contributed by atoms with van der Waals surface area (Å²) in [6.45, 7) is 3.06. The number of hydrogen-bond acceptors (Lipinski definition) is 4. The van der Waals surface area contributed by atoms with Crippen LogP contribution in [0, 0.1) is 11.8 Å². The highest BCUT2D eigenvalue weighted by Gasteiger charge is 2.31. The van der Waals surface area contributed by atoms with Crippen molar-refractivity contribution in [1.29, 1.82) is 0 Å². The van der Waals surface area contributed by atoms with Crippen molar-refractivity contribution in [3.8, 4) is 11.8 Å². The Morgan fingerprint density at radius 3 is 3.05 bits per heavy atom. The van der Waals surface area contributed by atoms with E-state index in [1.165, 1.54) is 11.3 Å². The highest BCUT2D eigenvalue weighted by atomic mass is 32.1. The van der Waals surface area contributed by atoms with Crippen LogP contribution in [0.1, 0.15) is 27.9 Å². The summed E-state index contributed by atoms with van der Waals surface area (Å²) in [4.78, 5) is 15.7. The fraction of sp³-hybridized carbons (Fsp3) is 0.500. The minimum Gasteiger partial charge on any atom is -0.376 e. The van der Waals surface area contributed by atoms with Crippen LogP contribution in [0.3, 0.4) is 0 Å². The fourth-order valence-corrected chi connectivity index (χ4v) is 3.08. The quantitative estimate of drug-likeness (QED) is 0.830. The molecule has 4 nitrogen and oxygen atoms in total. The molecule has 2 N–H and O–H groups in total. The predicted octanol–water partition coefficient (Wildman–Crippen LogP) is 1.31. The lowest BCUT2D eigenvalue weighted by Crippen LogP contribution is -2.40. The Morgan fingerprint density at radius 1 is 1.63 bits per heavy atom. The first-order valence-corrected chi connectivity index (χ1v) is 7.12. The smallest absolute Gasteiger partial charge is 0.264 e. The van der Waals surface area contributed by atoms with Gasteiger partial charge in [-0.05, 0) is 25.5 Å². The maximum atomic E-state index is 12.4. The number of hydrogen-bond donors (Lipinski definition) is 1. The molecule has 2 rings (SSSR count). The van der Waals surface area contributed by atoms with Crippen molar-refractivity contribution in [2.24, 2.45) is 5.73 Å². The van der Waals surface area contributed by atoms with Crippen LogP contribution in [0.15, 0.2) is 12.1 Å². The molecular formula is C14H18N2O2S. The minimum absolute atomic E-state index is 0.0353. The van der Waals surface area contributed by atoms with Gasteiger partial charge in [-0.2, -0.15) is 0 Å². The van der Waals surface area contributed by atoms with Gasteiger partial charge >= 0.3 is 0 Å². The molecule has 0 saturated carbocycles. The predicted molar refractivity (Wildman–Crippen MR) is 76.2 cm³/mol. The number of amides is 1. The lowest BCUT2D eigenvalue weighted by Gasteiger charge is -2.26. The molecule has 0 spiro atoms. The molecule has 0 aliphatic carbocycles. The molecule has 5 heteroatoms. The molecule has 19 heavy (non-hydrogen) atoms. The number of nitrogens with two attached hydrogens (primary N) is 1. The van der Waals surface area contributed by atoms with E-state index in [1.807, 2.05) is 26.1 Å². The largest absolute Gasteiger partial charge is 0.376 e. The Morgan fingerprint density at radius 2 is 2.42 bits per heavy atom. The van der Waals surface area contributed by atoms with Crippen LogP contribution in [0.2, 0.25) is 0 Å². The average Bonchev–Trinajstić information content (AvgIpc) is 3.03. The third kappa shape index (κ3) is 3.16. The van der Waals surface area contributed by atoms with Crippen molar-refractivity contribution in [3.63, 3.8) is 0 Å². The van der Waals surface area contributed by atoms with E-state index < -0.39 is 0 Å². The van der Waals surface area contributed by atoms with Crippen LogP contribution >= 0.6 is 11.3 Å². The lowest BCUT2D eigenvalue weighted by atomic mass is 10.1. The first-order chi connectivity index (χ1) is 9.13. The normalized spacial score (nSPS) is 21.8. The first kappa shape index (κ1) is 14.1. The summed E-state index contributed by atoms with van der Waals surface area (Å²) in [7, 11) is 1.84. The molecule has 2 heterocycles. The Hall–Kier alpha value is -1.35. The van der Waals surface area contributed by atoms with E-state index in [1.54, 1.807) is 4.90 Å². The van der Waals surface area contributed by atoms with Crippen LogP contribution in [0.4, 0.5) is 0 Å². The molecule has 1 aromatic heterocycles. The number of ether oxygens (including phenoxy) is 1. The molecule has 0 aromatic carbocycles. The Labute approximate surface area is 117 Å². The van der Waals surface area contributed by atoms with Gasteiger partial charge in [-0.15, -0.1) is 11.3 Å². The zero-order valence-corrected chi connectivity index (χ0v) is 12.0. The zero-order valence-electron chi connectivity index (χ0n) is 11.2. The topological polar surface area (TPSA) is 55.6 Å². The molecule has 0 radical (unpaired) electrons. The van der Waals surface area contributed by atoms with E-state index in [0.717, 1.165) is 17.9 Å². The van der Waals surface area contributed by atoms with Gasteiger partial charge in [0, 0.05) is 13.7 Å². The lowest BCUT2D eigenvalue weighted by molar-refractivity contribution is 0.0578. The summed E-state index contributed by atoms with van der Waals surface area (Å²) in [6, 6.07) is 3.85. The molecule has 1 saturated heterocycles. The molecule has 1 aliphatic heterocycles. The summed E-state index contributed by atoms with van der Waals surface area (Å²) in [5.74, 6) is 5.77. The van der Waals surface area contributed by atoms with E-state index in [4.69, 9.17) is 10.5 Å². The van der Waals surface area contributed by atoms with Crippen molar-refractivity contribution in [3.05, 3.63) is 21.9 Å². The summed E-state index contributed by atoms with van der Waals surface area (Å²) in [5, 5.41) is 0. The van der Waals surface area contributed by atoms with Gasteiger partial charge in [-0.1, -0.05) is 11.8 Å². The van der Waals surface area contributed by atoms with E-state index in [2.05, 4.69) is 11.8 Å². The van der Waals surface area contributed by atoms with Crippen molar-refractivity contribution >= 4 is 17.2 Å². The molecule has 1 aromatic rings. The highest BCUT2D eigenvalue weighted by Crippen LogP contribution is 2.23. The van der Waals surface area contributed by atoms with E-state index >= 15 is 0 Å². The number of likely N-dealkylation sites (N-methyl/N-ethyl adjacent to an activating group) is 1. The second kappa shape index (κ2) is 6.20. The Bertz CT molecular complexity index is 515. The Balaban J connectivity index is 2.08. The summed E-state index contributed by atoms with van der Waals surface area (Å²) in [6.07, 6.45) is 1.000. The van der Waals surface area contributed by atoms with Crippen LogP contribution in [0.25, 0.3) is 0 Å². The second-order valence-electron chi connectivity index (χ2n) is 4.52. The number of thiophene rings is 1. The monoisotopic (exact) mass is 278 g/mol. The van der Waals surface area contributed by atoms with Gasteiger partial charge in [0.05, 0.1) is 28.4 Å². The zero-order chi connectivity index (χ0) is 13.8. The first-order valence-electron chi connectivity index (χ1n) is 6.31. The third-order valence-corrected chi connectivity index (χ3v) is 4.27. The van der Waals surface area contributed by atoms with Crippen LogP contribution in [0.5, 0.6) is 0 Å². The fourth-order valence-electron chi connectivity index (χ4n) is 2.21. The molecule has 102 valence electrons. The summed E-state index contributed by atoms with van der Waals surface area (Å²) < 4.78 is 5.50. The van der Waals surface area contributed by atoms with Crippen LogP contribution in [-0.4, -0.2) is 43.2 Å². The van der Waals surface area contributed by atoms with Crippen LogP contribution in [-0.2, 0) is 4.74 Å². The maximum absolute atomic E-state index is 12.4. The number of nitrogens with zero attached hydrogens (tertiary/aromatic N) is 1. The molecular weight excluding hydrogens is 260 g/mol. The van der Waals surface area contributed by atoms with Gasteiger partial charge < -0.3 is 15.4 Å². The summed E-state index contributed by atoms with van der Waals surface area (Å²) in [5.41, 5.74) is 5.33. The Kier molecular flexibility index (Phi) is 4.59. The molecule has 1 aliphatic rings. The molecule has 1 fully saturated rings. The molecule has 2 unspecified atom stereocenters. The highest BCUT2D eigenvalue weighted by molar-refractivity contribution is 7.14.